The fraction of sp³-hybridized carbons (Fsp3) is 0.882. The van der Waals surface area contributed by atoms with Gasteiger partial charge in [-0.1, -0.05) is 78.6 Å². The van der Waals surface area contributed by atoms with Crippen molar-refractivity contribution in [3.63, 3.8) is 0 Å². The first-order valence-electron chi connectivity index (χ1n) is 8.32. The van der Waals surface area contributed by atoms with Gasteiger partial charge in [0.25, 0.3) is 0 Å². The summed E-state index contributed by atoms with van der Waals surface area (Å²) in [5.74, 6) is -3.56. The van der Waals surface area contributed by atoms with Crippen molar-refractivity contribution in [3.05, 3.63) is 0 Å². The summed E-state index contributed by atoms with van der Waals surface area (Å²) in [4.78, 5) is 22.5. The van der Waals surface area contributed by atoms with E-state index >= 15 is 0 Å². The molecule has 0 aliphatic carbocycles. The number of carbonyl (C=O) groups excluding carboxylic acids is 2. The summed E-state index contributed by atoms with van der Waals surface area (Å²) < 4.78 is 0. The Hall–Kier alpha value is 2.21. The van der Waals surface area contributed by atoms with Crippen molar-refractivity contribution in [3.8, 4) is 0 Å². The van der Waals surface area contributed by atoms with Gasteiger partial charge >= 0.3 is 103 Å². The molecule has 0 saturated carbocycles. The fourth-order valence-corrected chi connectivity index (χ4v) is 2.76. The van der Waals surface area contributed by atoms with E-state index in [1.807, 2.05) is 0 Å². The molecule has 0 aliphatic heterocycles. The molecule has 4 nitrogen and oxygen atoms in total. The maximum atomic E-state index is 11.2. The van der Waals surface area contributed by atoms with E-state index in [1.165, 1.54) is 32.1 Å². The number of hydrogen-bond acceptors (Lipinski definition) is 4. The summed E-state index contributed by atoms with van der Waals surface area (Å²) in [6, 6.07) is 0. The van der Waals surface area contributed by atoms with Gasteiger partial charge in [-0.15, -0.1) is 0 Å². The van der Waals surface area contributed by atoms with E-state index in [4.69, 9.17) is 0 Å². The molecule has 0 unspecified atom stereocenters. The molecule has 0 N–H and O–H groups in total. The number of rotatable bonds is 13. The molecule has 0 aliphatic rings. The molecule has 0 saturated heterocycles. The SMILES string of the molecule is CCCCCCCCCCCC(C(=O)[O-])(C(=O)[O-])C(C)C.[K+].[K+]. The first kappa shape index (κ1) is 30.0. The van der Waals surface area contributed by atoms with Crippen molar-refractivity contribution < 1.29 is 123 Å². The van der Waals surface area contributed by atoms with Crippen molar-refractivity contribution >= 4 is 11.9 Å². The molecular formula is C17H30K2O4. The van der Waals surface area contributed by atoms with Gasteiger partial charge in [0.05, 0.1) is 17.4 Å². The Labute approximate surface area is 226 Å². The van der Waals surface area contributed by atoms with E-state index in [1.54, 1.807) is 13.8 Å². The smallest absolute Gasteiger partial charge is 0.549 e. The molecule has 0 amide bonds. The number of carbonyl (C=O) groups is 2. The minimum atomic E-state index is -1.85. The summed E-state index contributed by atoms with van der Waals surface area (Å²) in [6.07, 6.45) is 9.98. The molecule has 6 heteroatoms. The quantitative estimate of drug-likeness (QED) is 0.187. The maximum Gasteiger partial charge on any atom is 1.00 e. The number of unbranched alkanes of at least 4 members (excludes halogenated alkanes) is 8. The van der Waals surface area contributed by atoms with Crippen LogP contribution >= 0.6 is 0 Å². The Bertz CT molecular complexity index is 306. The second-order valence-electron chi connectivity index (χ2n) is 6.28. The Kier molecular flexibility index (Phi) is 22.9. The summed E-state index contributed by atoms with van der Waals surface area (Å²) in [5, 5.41) is 22.5. The first-order valence-corrected chi connectivity index (χ1v) is 8.32. The van der Waals surface area contributed by atoms with Crippen LogP contribution in [0.1, 0.15) is 85.0 Å². The molecular weight excluding hydrogens is 346 g/mol. The predicted octanol–water partition coefficient (Wildman–Crippen LogP) is -3.94. The molecule has 0 rings (SSSR count). The van der Waals surface area contributed by atoms with Crippen molar-refractivity contribution in [2.24, 2.45) is 11.3 Å². The molecule has 0 aromatic rings. The Morgan fingerprint density at radius 1 is 0.783 bits per heavy atom. The normalized spacial score (nSPS) is 10.8. The Morgan fingerprint density at radius 3 is 1.43 bits per heavy atom. The first-order chi connectivity index (χ1) is 9.89. The zero-order chi connectivity index (χ0) is 16.3. The van der Waals surface area contributed by atoms with Gasteiger partial charge in [-0.3, -0.25) is 0 Å². The van der Waals surface area contributed by atoms with Gasteiger partial charge in [-0.2, -0.15) is 0 Å². The zero-order valence-electron chi connectivity index (χ0n) is 15.8. The number of carboxylic acids is 2. The predicted molar refractivity (Wildman–Crippen MR) is 79.1 cm³/mol. The van der Waals surface area contributed by atoms with E-state index in [2.05, 4.69) is 6.92 Å². The minimum absolute atomic E-state index is 0. The topological polar surface area (TPSA) is 80.3 Å². The van der Waals surface area contributed by atoms with Crippen molar-refractivity contribution in [1.82, 2.24) is 0 Å². The third-order valence-electron chi connectivity index (χ3n) is 4.39. The van der Waals surface area contributed by atoms with E-state index in [0.29, 0.717) is 6.42 Å². The molecule has 23 heavy (non-hydrogen) atoms. The van der Waals surface area contributed by atoms with Crippen LogP contribution in [0, 0.1) is 11.3 Å². The third kappa shape index (κ3) is 11.5. The molecule has 124 valence electrons. The van der Waals surface area contributed by atoms with E-state index in [9.17, 15) is 19.8 Å². The molecule has 0 aromatic heterocycles. The van der Waals surface area contributed by atoms with Gasteiger partial charge in [0.15, 0.2) is 0 Å². The average molecular weight is 377 g/mol. The van der Waals surface area contributed by atoms with Crippen LogP contribution in [0.25, 0.3) is 0 Å². The molecule has 0 atom stereocenters. The van der Waals surface area contributed by atoms with Crippen LogP contribution in [0.5, 0.6) is 0 Å². The summed E-state index contributed by atoms with van der Waals surface area (Å²) in [5.41, 5.74) is -1.85. The summed E-state index contributed by atoms with van der Waals surface area (Å²) in [7, 11) is 0. The van der Waals surface area contributed by atoms with E-state index < -0.39 is 23.3 Å². The molecule has 0 fully saturated rings. The third-order valence-corrected chi connectivity index (χ3v) is 4.39. The van der Waals surface area contributed by atoms with Crippen LogP contribution in [0.4, 0.5) is 0 Å². The van der Waals surface area contributed by atoms with Crippen LogP contribution in [0.2, 0.25) is 0 Å². The van der Waals surface area contributed by atoms with Crippen LogP contribution in [-0.4, -0.2) is 11.9 Å². The summed E-state index contributed by atoms with van der Waals surface area (Å²) in [6.45, 7) is 5.38. The largest absolute Gasteiger partial charge is 1.00 e. The second-order valence-corrected chi connectivity index (χ2v) is 6.28. The monoisotopic (exact) mass is 376 g/mol. The second kappa shape index (κ2) is 17.6. The van der Waals surface area contributed by atoms with Gasteiger partial charge < -0.3 is 19.8 Å². The molecule has 0 aromatic carbocycles. The van der Waals surface area contributed by atoms with Gasteiger partial charge in [0, 0.05) is 0 Å². The number of aliphatic carboxylic acids is 2. The van der Waals surface area contributed by atoms with Crippen LogP contribution in [0.15, 0.2) is 0 Å². The van der Waals surface area contributed by atoms with Crippen LogP contribution < -0.4 is 113 Å². The molecule has 0 radical (unpaired) electrons. The minimum Gasteiger partial charge on any atom is -0.549 e. The molecule has 0 spiro atoms. The van der Waals surface area contributed by atoms with E-state index in [-0.39, 0.29) is 109 Å². The van der Waals surface area contributed by atoms with Crippen molar-refractivity contribution in [1.29, 1.82) is 0 Å². The van der Waals surface area contributed by atoms with Crippen molar-refractivity contribution in [2.75, 3.05) is 0 Å². The number of hydrogen-bond donors (Lipinski definition) is 0. The van der Waals surface area contributed by atoms with E-state index in [0.717, 1.165) is 19.3 Å². The van der Waals surface area contributed by atoms with Gasteiger partial charge in [-0.25, -0.2) is 0 Å². The van der Waals surface area contributed by atoms with Gasteiger partial charge in [-0.05, 0) is 12.3 Å². The maximum absolute atomic E-state index is 11.2. The van der Waals surface area contributed by atoms with Gasteiger partial charge in [0.1, 0.15) is 0 Å². The fourth-order valence-electron chi connectivity index (χ4n) is 2.76. The Morgan fingerprint density at radius 2 is 1.13 bits per heavy atom. The van der Waals surface area contributed by atoms with Gasteiger partial charge in [0.2, 0.25) is 0 Å². The zero-order valence-corrected chi connectivity index (χ0v) is 22.0. The Balaban J connectivity index is -0.00000200. The van der Waals surface area contributed by atoms with Crippen LogP contribution in [0.3, 0.4) is 0 Å². The number of carboxylic acid groups (broad SMARTS) is 2. The standard InChI is InChI=1S/C17H32O4.2K/c1-4-5-6-7-8-9-10-11-12-13-17(14(2)3,15(18)19)16(20)21;;/h14H,4-13H2,1-3H3,(H,18,19)(H,20,21);;/q;2*+1/p-2. The van der Waals surface area contributed by atoms with Crippen LogP contribution in [-0.2, 0) is 9.59 Å². The van der Waals surface area contributed by atoms with Crippen molar-refractivity contribution in [2.45, 2.75) is 85.0 Å². The average Bonchev–Trinajstić information content (AvgIpc) is 2.39. The molecule has 0 bridgehead atoms. The molecule has 0 heterocycles. The summed E-state index contributed by atoms with van der Waals surface area (Å²) >= 11 is 0.